The number of aromatic nitrogens is 1. The van der Waals surface area contributed by atoms with E-state index in [-0.39, 0.29) is 11.5 Å². The molecule has 0 amide bonds. The Morgan fingerprint density at radius 3 is 1.43 bits per heavy atom. The van der Waals surface area contributed by atoms with Crippen molar-refractivity contribution < 1.29 is 10.2 Å². The Kier molecular flexibility index (Phi) is 4.10. The van der Waals surface area contributed by atoms with Gasteiger partial charge in [0.15, 0.2) is 11.6 Å². The fraction of sp³-hybridized carbons (Fsp3) is 0. The Hall–Kier alpha value is -3.48. The zero-order chi connectivity index (χ0) is 16.1. The predicted octanol–water partition coefficient (Wildman–Crippen LogP) is 5.26. The summed E-state index contributed by atoms with van der Waals surface area (Å²) >= 11 is 0. The summed E-state index contributed by atoms with van der Waals surface area (Å²) in [5.74, 6) is 1.06. The highest BCUT2D eigenvalue weighted by molar-refractivity contribution is 5.51. The minimum absolute atomic E-state index is 0.0577. The smallest absolute Gasteiger partial charge is 0.154 e. The number of hydrogen-bond acceptors (Lipinski definition) is 6. The number of H-pyrrole nitrogens is 1. The van der Waals surface area contributed by atoms with E-state index in [0.717, 1.165) is 0 Å². The SMILES string of the molecule is Oc1ccccc1N=Nc1ccc(N=Nc2ccccc2O)[nH]1. The van der Waals surface area contributed by atoms with Crippen LogP contribution in [-0.2, 0) is 0 Å². The molecule has 0 atom stereocenters. The summed E-state index contributed by atoms with van der Waals surface area (Å²) in [6, 6.07) is 16.7. The second-order valence-electron chi connectivity index (χ2n) is 4.61. The first-order chi connectivity index (χ1) is 11.2. The molecule has 7 heteroatoms. The van der Waals surface area contributed by atoms with E-state index in [1.807, 2.05) is 0 Å². The molecule has 0 unspecified atom stereocenters. The van der Waals surface area contributed by atoms with Gasteiger partial charge in [-0.2, -0.15) is 0 Å². The Morgan fingerprint density at radius 2 is 1.00 bits per heavy atom. The summed E-state index contributed by atoms with van der Waals surface area (Å²) in [7, 11) is 0. The number of azo groups is 2. The van der Waals surface area contributed by atoms with Crippen LogP contribution in [0, 0.1) is 0 Å². The van der Waals surface area contributed by atoms with Crippen molar-refractivity contribution in [2.45, 2.75) is 0 Å². The molecule has 1 heterocycles. The molecule has 3 aromatic rings. The molecule has 0 bridgehead atoms. The van der Waals surface area contributed by atoms with Gasteiger partial charge in [-0.1, -0.05) is 24.3 Å². The van der Waals surface area contributed by atoms with Gasteiger partial charge in [0.05, 0.1) is 0 Å². The van der Waals surface area contributed by atoms with Gasteiger partial charge in [0.1, 0.15) is 22.9 Å². The fourth-order valence-corrected chi connectivity index (χ4v) is 1.80. The molecule has 0 fully saturated rings. The van der Waals surface area contributed by atoms with Crippen LogP contribution in [0.1, 0.15) is 0 Å². The second kappa shape index (κ2) is 6.52. The van der Waals surface area contributed by atoms with Crippen LogP contribution < -0.4 is 0 Å². The molecule has 0 aliphatic heterocycles. The summed E-state index contributed by atoms with van der Waals surface area (Å²) < 4.78 is 0. The molecule has 23 heavy (non-hydrogen) atoms. The Labute approximate surface area is 131 Å². The largest absolute Gasteiger partial charge is 0.506 e. The minimum Gasteiger partial charge on any atom is -0.506 e. The molecular weight excluding hydrogens is 294 g/mol. The lowest BCUT2D eigenvalue weighted by Crippen LogP contribution is -1.67. The summed E-state index contributed by atoms with van der Waals surface area (Å²) in [5.41, 5.74) is 0.749. The summed E-state index contributed by atoms with van der Waals surface area (Å²) in [5, 5.41) is 35.1. The van der Waals surface area contributed by atoms with Crippen molar-refractivity contribution in [1.29, 1.82) is 0 Å². The third-order valence-corrected chi connectivity index (χ3v) is 2.95. The standard InChI is InChI=1S/C16H13N5O2/c22-13-7-3-1-5-11(13)18-20-15-9-10-16(17-15)21-19-12-6-2-4-8-14(12)23/h1-10,17,22-23H. The van der Waals surface area contributed by atoms with Gasteiger partial charge >= 0.3 is 0 Å². The van der Waals surface area contributed by atoms with E-state index in [0.29, 0.717) is 23.0 Å². The van der Waals surface area contributed by atoms with E-state index >= 15 is 0 Å². The number of nitrogens with zero attached hydrogens (tertiary/aromatic N) is 4. The molecule has 0 saturated heterocycles. The lowest BCUT2D eigenvalue weighted by atomic mass is 10.3. The first kappa shape index (κ1) is 14.5. The van der Waals surface area contributed by atoms with Gasteiger partial charge in [-0.25, -0.2) is 0 Å². The average Bonchev–Trinajstić information content (AvgIpc) is 3.01. The van der Waals surface area contributed by atoms with Gasteiger partial charge < -0.3 is 15.2 Å². The first-order valence-electron chi connectivity index (χ1n) is 6.81. The third-order valence-electron chi connectivity index (χ3n) is 2.95. The average molecular weight is 307 g/mol. The van der Waals surface area contributed by atoms with E-state index in [1.54, 1.807) is 48.5 Å². The van der Waals surface area contributed by atoms with Crippen LogP contribution >= 0.6 is 0 Å². The van der Waals surface area contributed by atoms with Gasteiger partial charge in [-0.05, 0) is 36.4 Å². The van der Waals surface area contributed by atoms with Crippen molar-refractivity contribution >= 4 is 23.0 Å². The minimum atomic E-state index is 0.0577. The van der Waals surface area contributed by atoms with Crippen molar-refractivity contribution in [3.63, 3.8) is 0 Å². The molecule has 114 valence electrons. The van der Waals surface area contributed by atoms with Gasteiger partial charge in [-0.3, -0.25) is 0 Å². The normalized spacial score (nSPS) is 11.5. The van der Waals surface area contributed by atoms with E-state index < -0.39 is 0 Å². The molecule has 0 saturated carbocycles. The third kappa shape index (κ3) is 3.59. The molecule has 7 nitrogen and oxygen atoms in total. The van der Waals surface area contributed by atoms with Crippen molar-refractivity contribution in [3.05, 3.63) is 60.7 Å². The lowest BCUT2D eigenvalue weighted by Gasteiger charge is -1.95. The Morgan fingerprint density at radius 1 is 0.565 bits per heavy atom. The van der Waals surface area contributed by atoms with Crippen LogP contribution in [0.3, 0.4) is 0 Å². The van der Waals surface area contributed by atoms with Crippen molar-refractivity contribution in [2.24, 2.45) is 20.5 Å². The summed E-state index contributed by atoms with van der Waals surface area (Å²) in [6.45, 7) is 0. The topological polar surface area (TPSA) is 106 Å². The molecule has 0 radical (unpaired) electrons. The molecule has 3 rings (SSSR count). The number of nitrogens with one attached hydrogen (secondary N) is 1. The molecule has 1 aromatic heterocycles. The van der Waals surface area contributed by atoms with Gasteiger partial charge in [0.25, 0.3) is 0 Å². The Bertz CT molecular complexity index is 800. The monoisotopic (exact) mass is 307 g/mol. The number of aromatic hydroxyl groups is 2. The zero-order valence-corrected chi connectivity index (χ0v) is 12.0. The lowest BCUT2D eigenvalue weighted by molar-refractivity contribution is 0.476. The van der Waals surface area contributed by atoms with Crippen LogP contribution in [-0.4, -0.2) is 15.2 Å². The number of para-hydroxylation sites is 2. The van der Waals surface area contributed by atoms with E-state index in [9.17, 15) is 10.2 Å². The van der Waals surface area contributed by atoms with Crippen molar-refractivity contribution in [2.75, 3.05) is 0 Å². The molecule has 0 aliphatic carbocycles. The van der Waals surface area contributed by atoms with E-state index in [4.69, 9.17) is 0 Å². The number of aromatic amines is 1. The van der Waals surface area contributed by atoms with E-state index in [2.05, 4.69) is 25.4 Å². The number of hydrogen-bond donors (Lipinski definition) is 3. The fourth-order valence-electron chi connectivity index (χ4n) is 1.80. The van der Waals surface area contributed by atoms with Crippen LogP contribution in [0.15, 0.2) is 81.1 Å². The van der Waals surface area contributed by atoms with Crippen LogP contribution in [0.5, 0.6) is 11.5 Å². The highest BCUT2D eigenvalue weighted by atomic mass is 16.3. The summed E-state index contributed by atoms with van der Waals surface area (Å²) in [6.07, 6.45) is 0. The maximum atomic E-state index is 9.61. The van der Waals surface area contributed by atoms with Gasteiger partial charge in [-0.15, -0.1) is 20.5 Å². The second-order valence-corrected chi connectivity index (χ2v) is 4.61. The molecular formula is C16H13N5O2. The first-order valence-corrected chi connectivity index (χ1v) is 6.81. The van der Waals surface area contributed by atoms with Crippen molar-refractivity contribution in [1.82, 2.24) is 4.98 Å². The van der Waals surface area contributed by atoms with Crippen LogP contribution in [0.2, 0.25) is 0 Å². The van der Waals surface area contributed by atoms with Crippen LogP contribution in [0.25, 0.3) is 0 Å². The molecule has 2 aromatic carbocycles. The van der Waals surface area contributed by atoms with E-state index in [1.165, 1.54) is 12.1 Å². The maximum absolute atomic E-state index is 9.61. The number of phenolic OH excluding ortho intramolecular Hbond substituents is 2. The maximum Gasteiger partial charge on any atom is 0.154 e. The number of benzene rings is 2. The predicted molar refractivity (Wildman–Crippen MR) is 85.4 cm³/mol. The van der Waals surface area contributed by atoms with Gasteiger partial charge in [0.2, 0.25) is 0 Å². The molecule has 0 aliphatic rings. The van der Waals surface area contributed by atoms with Crippen molar-refractivity contribution in [3.8, 4) is 11.5 Å². The molecule has 3 N–H and O–H groups in total. The quantitative estimate of drug-likeness (QED) is 0.572. The molecule has 0 spiro atoms. The highest BCUT2D eigenvalue weighted by Gasteiger charge is 2.00. The van der Waals surface area contributed by atoms with Gasteiger partial charge in [0, 0.05) is 0 Å². The zero-order valence-electron chi connectivity index (χ0n) is 12.0. The summed E-state index contributed by atoms with van der Waals surface area (Å²) in [4.78, 5) is 2.91. The number of rotatable bonds is 4. The highest BCUT2D eigenvalue weighted by Crippen LogP contribution is 2.29. The Balaban J connectivity index is 1.74. The number of phenols is 2. The van der Waals surface area contributed by atoms with Crippen LogP contribution in [0.4, 0.5) is 23.0 Å².